The first-order chi connectivity index (χ1) is 5.97. The zero-order chi connectivity index (χ0) is 10.7. The van der Waals surface area contributed by atoms with Gasteiger partial charge in [-0.05, 0) is 0 Å². The van der Waals surface area contributed by atoms with Gasteiger partial charge in [-0.3, -0.25) is 0 Å². The molecule has 82 valence electrons. The quantitative estimate of drug-likeness (QED) is 0.462. The fraction of sp³-hybridized carbons (Fsp3) is 0. The number of hydrogen-bond donors (Lipinski definition) is 0. The van der Waals surface area contributed by atoms with E-state index in [0.717, 1.165) is 29.8 Å². The van der Waals surface area contributed by atoms with Crippen LogP contribution in [0.5, 0.6) is 0 Å². The molecule has 0 bridgehead atoms. The molecule has 0 aliphatic carbocycles. The van der Waals surface area contributed by atoms with Gasteiger partial charge < -0.3 is 11.0 Å². The van der Waals surface area contributed by atoms with E-state index in [9.17, 15) is 0 Å². The van der Waals surface area contributed by atoms with E-state index in [2.05, 4.69) is 0 Å². The summed E-state index contributed by atoms with van der Waals surface area (Å²) < 4.78 is 0. The molecule has 0 heterocycles. The molecule has 0 fully saturated rings. The van der Waals surface area contributed by atoms with Crippen molar-refractivity contribution < 1.29 is 21.7 Å². The monoisotopic (exact) mass is 248 g/mol. The number of nitriles is 6. The fourth-order valence-corrected chi connectivity index (χ4v) is 1.09. The van der Waals surface area contributed by atoms with Gasteiger partial charge in [0.25, 0.3) is 0 Å². The third-order valence-electron chi connectivity index (χ3n) is 1.19. The Morgan fingerprint density at radius 3 is 0.600 bits per heavy atom. The molecular formula is C6H4FeN6O2-4. The molecule has 15 heavy (non-hydrogen) atoms. The van der Waals surface area contributed by atoms with Crippen molar-refractivity contribution in [3.05, 3.63) is 0 Å². The van der Waals surface area contributed by atoms with Gasteiger partial charge in [-0.25, -0.2) is 0 Å². The first kappa shape index (κ1) is 18.2. The topological polar surface area (TPSA) is 206 Å². The van der Waals surface area contributed by atoms with Gasteiger partial charge in [0.05, 0.1) is 0 Å². The van der Waals surface area contributed by atoms with Gasteiger partial charge in [0, 0.05) is 0 Å². The first-order valence-corrected chi connectivity index (χ1v) is 5.71. The molecule has 0 aliphatic rings. The third kappa shape index (κ3) is 1.34. The molecule has 0 rings (SSSR count). The van der Waals surface area contributed by atoms with Gasteiger partial charge in [0.1, 0.15) is 0 Å². The molecule has 0 spiro atoms. The van der Waals surface area contributed by atoms with Crippen LogP contribution < -0.4 is 0 Å². The van der Waals surface area contributed by atoms with E-state index in [1.165, 1.54) is 0 Å². The molecule has 0 saturated carbocycles. The van der Waals surface area contributed by atoms with Crippen molar-refractivity contribution >= 4 is 0 Å². The van der Waals surface area contributed by atoms with E-state index in [1.807, 2.05) is 0 Å². The molecule has 0 aromatic rings. The van der Waals surface area contributed by atoms with Crippen LogP contribution in [0.3, 0.4) is 0 Å². The summed E-state index contributed by atoms with van der Waals surface area (Å²) in [5.74, 6) is 0. The molecule has 0 unspecified atom stereocenters. The van der Waals surface area contributed by atoms with Crippen LogP contribution in [-0.4, -0.2) is 11.0 Å². The van der Waals surface area contributed by atoms with Crippen LogP contribution in [0.15, 0.2) is 0 Å². The second kappa shape index (κ2) is 3.63. The Balaban J connectivity index is -0.000000720. The fourth-order valence-electron chi connectivity index (χ4n) is 0.265. The van der Waals surface area contributed by atoms with Crippen molar-refractivity contribution in [2.24, 2.45) is 0 Å². The number of nitrogens with zero attached hydrogens (tertiary/aromatic N) is 6. The van der Waals surface area contributed by atoms with Gasteiger partial charge in [0.15, 0.2) is 0 Å². The second-order valence-corrected chi connectivity index (χ2v) is 7.42. The van der Waals surface area contributed by atoms with Crippen LogP contribution >= 0.6 is 0 Å². The van der Waals surface area contributed by atoms with Crippen molar-refractivity contribution in [1.29, 1.82) is 31.6 Å². The smallest absolute Gasteiger partial charge is 0.412 e. The zero-order valence-corrected chi connectivity index (χ0v) is 8.14. The number of rotatable bonds is 0. The van der Waals surface area contributed by atoms with Crippen LogP contribution in [0, 0.1) is 61.4 Å². The van der Waals surface area contributed by atoms with Crippen molar-refractivity contribution in [3.8, 4) is 29.8 Å². The van der Waals surface area contributed by atoms with Gasteiger partial charge in [0.2, 0.25) is 0 Å². The summed E-state index contributed by atoms with van der Waals surface area (Å²) in [7, 11) is -6.17. The summed E-state index contributed by atoms with van der Waals surface area (Å²) >= 11 is 0. The molecule has 0 amide bonds. The van der Waals surface area contributed by atoms with E-state index in [0.29, 0.717) is 0 Å². The number of hydrogen-bond acceptors (Lipinski definition) is 6. The summed E-state index contributed by atoms with van der Waals surface area (Å²) in [5.41, 5.74) is 0. The van der Waals surface area contributed by atoms with Crippen LogP contribution in [0.1, 0.15) is 0 Å². The summed E-state index contributed by atoms with van der Waals surface area (Å²) in [5, 5.41) is 51.5. The van der Waals surface area contributed by atoms with Gasteiger partial charge in [-0.15, -0.1) is 0 Å². The summed E-state index contributed by atoms with van der Waals surface area (Å²) in [6.07, 6.45) is 0. The van der Waals surface area contributed by atoms with E-state index in [1.54, 1.807) is 0 Å². The zero-order valence-electron chi connectivity index (χ0n) is 7.04. The first-order valence-electron chi connectivity index (χ1n) is 2.40. The van der Waals surface area contributed by atoms with Gasteiger partial charge >= 0.3 is 72.1 Å². The maximum atomic E-state index is 8.58. The molecule has 0 aromatic heterocycles. The van der Waals surface area contributed by atoms with Gasteiger partial charge in [-0.2, -0.15) is 0 Å². The van der Waals surface area contributed by atoms with Crippen molar-refractivity contribution in [3.63, 3.8) is 0 Å². The Labute approximate surface area is 83.5 Å². The normalized spacial score (nSPS) is 11.6. The van der Waals surface area contributed by atoms with E-state index in [-0.39, 0.29) is 11.0 Å². The van der Waals surface area contributed by atoms with E-state index >= 15 is 0 Å². The minimum atomic E-state index is -6.17. The second-order valence-electron chi connectivity index (χ2n) is 1.80. The predicted molar refractivity (Wildman–Crippen MR) is 40.9 cm³/mol. The molecule has 0 saturated heterocycles. The molecule has 0 aromatic carbocycles. The van der Waals surface area contributed by atoms with E-state index < -0.39 is 10.7 Å². The molecule has 9 heteroatoms. The maximum absolute atomic E-state index is 8.58. The Bertz CT molecular complexity index is 395. The Morgan fingerprint density at radius 1 is 0.467 bits per heavy atom. The van der Waals surface area contributed by atoms with Crippen molar-refractivity contribution in [1.82, 2.24) is 0 Å². The Morgan fingerprint density at radius 2 is 0.600 bits per heavy atom. The molecule has 8 nitrogen and oxygen atoms in total. The third-order valence-corrected chi connectivity index (χ3v) is 4.89. The molecule has 0 aliphatic heterocycles. The minimum absolute atomic E-state index is 0. The van der Waals surface area contributed by atoms with Crippen LogP contribution in [0.25, 0.3) is 0 Å². The Kier molecular flexibility index (Phi) is 4.41. The van der Waals surface area contributed by atoms with Crippen LogP contribution in [0.4, 0.5) is 0 Å². The molecule has 0 radical (unpaired) electrons. The van der Waals surface area contributed by atoms with Crippen molar-refractivity contribution in [2.75, 3.05) is 0 Å². The average Bonchev–Trinajstić information content (AvgIpc) is 2.26. The van der Waals surface area contributed by atoms with Crippen LogP contribution in [-0.2, 0) is 10.7 Å². The van der Waals surface area contributed by atoms with Crippen molar-refractivity contribution in [2.45, 2.75) is 0 Å². The summed E-state index contributed by atoms with van der Waals surface area (Å²) in [6, 6.07) is 0. The summed E-state index contributed by atoms with van der Waals surface area (Å²) in [4.78, 5) is 6.19. The largest absolute Gasteiger partial charge is 0.412 e. The predicted octanol–water partition coefficient (Wildman–Crippen LogP) is -1.55. The Hall–Kier alpha value is -2.62. The minimum Gasteiger partial charge on any atom is -0.412 e. The molecular weight excluding hydrogens is 244 g/mol. The summed E-state index contributed by atoms with van der Waals surface area (Å²) in [6.45, 7) is 0. The van der Waals surface area contributed by atoms with E-state index in [4.69, 9.17) is 31.6 Å². The molecule has 4 N–H and O–H groups in total. The average molecular weight is 248 g/mol. The van der Waals surface area contributed by atoms with Gasteiger partial charge in [-0.1, -0.05) is 0 Å². The molecule has 0 atom stereocenters. The standard InChI is InChI=1S/6CN.Fe.2H2O/c6*1-2;;;/h;;;;;;;2*1H2/q;;;;;;-4;;. The SMILES string of the molecule is N#[C][Fe-4]([C]#N)([C]#N)([C]#N)([C]#N)[C]#N.O.O. The maximum Gasteiger partial charge on any atom is -0.412 e. The van der Waals surface area contributed by atoms with Crippen LogP contribution in [0.2, 0.25) is 0 Å².